The van der Waals surface area contributed by atoms with Crippen LogP contribution in [-0.4, -0.2) is 23.2 Å². The molecule has 0 radical (unpaired) electrons. The molecule has 0 aromatic carbocycles. The van der Waals surface area contributed by atoms with Gasteiger partial charge in [0.2, 0.25) is 0 Å². The highest BCUT2D eigenvalue weighted by atomic mass is 16.7. The maximum Gasteiger partial charge on any atom is 0.323 e. The summed E-state index contributed by atoms with van der Waals surface area (Å²) in [7, 11) is 0. The van der Waals surface area contributed by atoms with Gasteiger partial charge in [-0.2, -0.15) is 5.48 Å². The van der Waals surface area contributed by atoms with Crippen LogP contribution in [0.3, 0.4) is 0 Å². The molecule has 0 heterocycles. The molecule has 2 N–H and O–H groups in total. The van der Waals surface area contributed by atoms with Crippen molar-refractivity contribution in [2.75, 3.05) is 0 Å². The van der Waals surface area contributed by atoms with E-state index in [9.17, 15) is 4.79 Å². The van der Waals surface area contributed by atoms with E-state index < -0.39 is 12.0 Å². The van der Waals surface area contributed by atoms with Crippen molar-refractivity contribution < 1.29 is 14.7 Å². The van der Waals surface area contributed by atoms with E-state index in [0.717, 1.165) is 25.7 Å². The molecule has 0 amide bonds. The van der Waals surface area contributed by atoms with Gasteiger partial charge in [-0.1, -0.05) is 12.8 Å². The van der Waals surface area contributed by atoms with Crippen molar-refractivity contribution in [2.24, 2.45) is 5.92 Å². The quantitative estimate of drug-likeness (QED) is 0.655. The van der Waals surface area contributed by atoms with Gasteiger partial charge in [-0.15, -0.1) is 0 Å². The van der Waals surface area contributed by atoms with Crippen LogP contribution in [0.4, 0.5) is 0 Å². The summed E-state index contributed by atoms with van der Waals surface area (Å²) in [4.78, 5) is 16.2. The van der Waals surface area contributed by atoms with Gasteiger partial charge in [0.1, 0.15) is 6.04 Å². The molecule has 2 aliphatic carbocycles. The standard InChI is InChI=1S/C10H17NO3/c12-10(13)9(7-5-6-7)11-14-8-3-1-2-4-8/h7-9,11H,1-6H2,(H,12,13). The second kappa shape index (κ2) is 4.28. The first-order chi connectivity index (χ1) is 6.77. The molecular formula is C10H17NO3. The first-order valence-electron chi connectivity index (χ1n) is 5.41. The molecule has 0 bridgehead atoms. The molecule has 0 saturated heterocycles. The first-order valence-corrected chi connectivity index (χ1v) is 5.41. The topological polar surface area (TPSA) is 58.6 Å². The number of rotatable bonds is 5. The van der Waals surface area contributed by atoms with Crippen molar-refractivity contribution in [3.05, 3.63) is 0 Å². The Kier molecular flexibility index (Phi) is 3.03. The molecule has 2 saturated carbocycles. The van der Waals surface area contributed by atoms with Crippen molar-refractivity contribution in [2.45, 2.75) is 50.7 Å². The molecule has 0 aromatic rings. The third-order valence-electron chi connectivity index (χ3n) is 3.02. The Balaban J connectivity index is 1.73. The third kappa shape index (κ3) is 2.45. The number of nitrogens with one attached hydrogen (secondary N) is 1. The summed E-state index contributed by atoms with van der Waals surface area (Å²) < 4.78 is 0. The highest BCUT2D eigenvalue weighted by Gasteiger charge is 2.37. The van der Waals surface area contributed by atoms with E-state index in [2.05, 4.69) is 5.48 Å². The van der Waals surface area contributed by atoms with E-state index in [-0.39, 0.29) is 12.0 Å². The van der Waals surface area contributed by atoms with Gasteiger partial charge in [0.05, 0.1) is 6.10 Å². The average molecular weight is 199 g/mol. The fraction of sp³-hybridized carbons (Fsp3) is 0.900. The van der Waals surface area contributed by atoms with Crippen LogP contribution in [0.25, 0.3) is 0 Å². The number of carboxylic acids is 1. The minimum atomic E-state index is -0.787. The van der Waals surface area contributed by atoms with Gasteiger partial charge in [0.25, 0.3) is 0 Å². The molecule has 0 aromatic heterocycles. The predicted molar refractivity (Wildman–Crippen MR) is 50.6 cm³/mol. The number of aliphatic carboxylic acids is 1. The Morgan fingerprint density at radius 1 is 1.29 bits per heavy atom. The van der Waals surface area contributed by atoms with Crippen molar-refractivity contribution in [1.29, 1.82) is 0 Å². The Morgan fingerprint density at radius 3 is 2.43 bits per heavy atom. The van der Waals surface area contributed by atoms with Crippen molar-refractivity contribution >= 4 is 5.97 Å². The zero-order valence-corrected chi connectivity index (χ0v) is 8.24. The minimum Gasteiger partial charge on any atom is -0.480 e. The van der Waals surface area contributed by atoms with Gasteiger partial charge in [-0.3, -0.25) is 9.63 Å². The van der Waals surface area contributed by atoms with Crippen molar-refractivity contribution in [1.82, 2.24) is 5.48 Å². The SMILES string of the molecule is O=C(O)C(NOC1CCCC1)C1CC1. The van der Waals surface area contributed by atoms with Crippen molar-refractivity contribution in [3.8, 4) is 0 Å². The molecule has 4 heteroatoms. The van der Waals surface area contributed by atoms with Gasteiger partial charge in [0.15, 0.2) is 0 Å². The zero-order chi connectivity index (χ0) is 9.97. The highest BCUT2D eigenvalue weighted by Crippen LogP contribution is 2.33. The fourth-order valence-electron chi connectivity index (χ4n) is 1.95. The van der Waals surface area contributed by atoms with Gasteiger partial charge >= 0.3 is 5.97 Å². The molecule has 1 atom stereocenters. The third-order valence-corrected chi connectivity index (χ3v) is 3.02. The van der Waals surface area contributed by atoms with Gasteiger partial charge < -0.3 is 5.11 Å². The summed E-state index contributed by atoms with van der Waals surface area (Å²) in [6.45, 7) is 0. The maximum atomic E-state index is 10.8. The van der Waals surface area contributed by atoms with E-state index in [4.69, 9.17) is 9.94 Å². The lowest BCUT2D eigenvalue weighted by Gasteiger charge is -2.17. The molecule has 14 heavy (non-hydrogen) atoms. The van der Waals surface area contributed by atoms with Crippen LogP contribution in [0.2, 0.25) is 0 Å². The van der Waals surface area contributed by atoms with E-state index >= 15 is 0 Å². The molecule has 2 rings (SSSR count). The van der Waals surface area contributed by atoms with Crippen LogP contribution in [0.5, 0.6) is 0 Å². The number of carbonyl (C=O) groups is 1. The molecule has 2 fully saturated rings. The Labute approximate surface area is 83.6 Å². The summed E-state index contributed by atoms with van der Waals surface area (Å²) in [5, 5.41) is 8.92. The lowest BCUT2D eigenvalue weighted by Crippen LogP contribution is -2.40. The van der Waals surface area contributed by atoms with Crippen LogP contribution >= 0.6 is 0 Å². The smallest absolute Gasteiger partial charge is 0.323 e. The number of carboxylic acid groups (broad SMARTS) is 1. The van der Waals surface area contributed by atoms with Crippen LogP contribution in [0.1, 0.15) is 38.5 Å². The van der Waals surface area contributed by atoms with E-state index in [1.54, 1.807) is 0 Å². The van der Waals surface area contributed by atoms with E-state index in [1.807, 2.05) is 0 Å². The van der Waals surface area contributed by atoms with E-state index in [1.165, 1.54) is 12.8 Å². The Morgan fingerprint density at radius 2 is 1.93 bits per heavy atom. The molecular weight excluding hydrogens is 182 g/mol. The minimum absolute atomic E-state index is 0.232. The number of hydrogen-bond acceptors (Lipinski definition) is 3. The monoisotopic (exact) mass is 199 g/mol. The lowest BCUT2D eigenvalue weighted by atomic mass is 10.2. The zero-order valence-electron chi connectivity index (χ0n) is 8.24. The predicted octanol–water partition coefficient (Wildman–Crippen LogP) is 1.31. The second-order valence-electron chi connectivity index (χ2n) is 4.30. The van der Waals surface area contributed by atoms with Crippen LogP contribution < -0.4 is 5.48 Å². The lowest BCUT2D eigenvalue weighted by molar-refractivity contribution is -0.147. The summed E-state index contributed by atoms with van der Waals surface area (Å²) in [5.41, 5.74) is 2.72. The number of hydrogen-bond donors (Lipinski definition) is 2. The normalized spacial score (nSPS) is 25.1. The molecule has 2 aliphatic rings. The molecule has 80 valence electrons. The maximum absolute atomic E-state index is 10.8. The largest absolute Gasteiger partial charge is 0.480 e. The number of hydroxylamine groups is 1. The van der Waals surface area contributed by atoms with Crippen molar-refractivity contribution in [3.63, 3.8) is 0 Å². The summed E-state index contributed by atoms with van der Waals surface area (Å²) >= 11 is 0. The average Bonchev–Trinajstić information content (AvgIpc) is 2.82. The second-order valence-corrected chi connectivity index (χ2v) is 4.30. The molecule has 4 nitrogen and oxygen atoms in total. The van der Waals surface area contributed by atoms with Gasteiger partial charge in [0, 0.05) is 0 Å². The van der Waals surface area contributed by atoms with Crippen LogP contribution in [-0.2, 0) is 9.63 Å². The summed E-state index contributed by atoms with van der Waals surface area (Å²) in [5.74, 6) is -0.501. The Hall–Kier alpha value is -0.610. The Bertz CT molecular complexity index is 209. The molecule has 1 unspecified atom stereocenters. The molecule has 0 spiro atoms. The first kappa shape index (κ1) is 9.93. The summed E-state index contributed by atoms with van der Waals surface area (Å²) in [6, 6.07) is -0.490. The molecule has 0 aliphatic heterocycles. The van der Waals surface area contributed by atoms with Gasteiger partial charge in [-0.05, 0) is 31.6 Å². The summed E-state index contributed by atoms with van der Waals surface area (Å²) in [6.07, 6.45) is 6.78. The van der Waals surface area contributed by atoms with E-state index in [0.29, 0.717) is 0 Å². The van der Waals surface area contributed by atoms with Gasteiger partial charge in [-0.25, -0.2) is 0 Å². The van der Waals surface area contributed by atoms with Crippen LogP contribution in [0, 0.1) is 5.92 Å². The highest BCUT2D eigenvalue weighted by molar-refractivity contribution is 5.74. The fourth-order valence-corrected chi connectivity index (χ4v) is 1.95. The van der Waals surface area contributed by atoms with Crippen LogP contribution in [0.15, 0.2) is 0 Å².